The van der Waals surface area contributed by atoms with Gasteiger partial charge in [-0.05, 0) is 35.9 Å². The number of thioether (sulfide) groups is 1. The molecule has 0 radical (unpaired) electrons. The first-order valence-electron chi connectivity index (χ1n) is 7.92. The van der Waals surface area contributed by atoms with E-state index in [9.17, 15) is 4.39 Å². The highest BCUT2D eigenvalue weighted by Gasteiger charge is 2.17. The van der Waals surface area contributed by atoms with Crippen molar-refractivity contribution in [3.63, 3.8) is 0 Å². The number of hydrogen-bond donors (Lipinski definition) is 1. The summed E-state index contributed by atoms with van der Waals surface area (Å²) < 4.78 is 24.1. The number of hydrogen-bond acceptors (Lipinski definition) is 5. The quantitative estimate of drug-likeness (QED) is 0.917. The van der Waals surface area contributed by atoms with E-state index in [2.05, 4.69) is 15.5 Å². The average molecular weight is 357 g/mol. The van der Waals surface area contributed by atoms with E-state index in [-0.39, 0.29) is 5.82 Å². The standard InChI is InChI=1S/C18H16FN3O2S/c19-14-4-1-12(2-5-14)10-20-18-22-21-15(11-25-18)13-3-6-16-17(9-13)24-8-7-23-16/h1-6,9H,7-8,10-11H2,(H,20,22). The van der Waals surface area contributed by atoms with Crippen LogP contribution in [0.15, 0.2) is 52.6 Å². The molecule has 2 aliphatic heterocycles. The number of nitrogens with zero attached hydrogens (tertiary/aromatic N) is 2. The number of hydrazone groups is 1. The molecule has 4 rings (SSSR count). The van der Waals surface area contributed by atoms with Gasteiger partial charge in [0.05, 0.1) is 12.3 Å². The number of nitrogens with one attached hydrogen (secondary N) is 1. The molecule has 0 aromatic heterocycles. The van der Waals surface area contributed by atoms with Crippen molar-refractivity contribution >= 4 is 22.6 Å². The van der Waals surface area contributed by atoms with Crippen LogP contribution in [0.1, 0.15) is 11.1 Å². The Morgan fingerprint density at radius 3 is 2.64 bits per heavy atom. The first-order chi connectivity index (χ1) is 12.3. The molecule has 0 fully saturated rings. The second-order valence-electron chi connectivity index (χ2n) is 5.57. The topological polar surface area (TPSA) is 55.2 Å². The molecule has 2 aliphatic rings. The van der Waals surface area contributed by atoms with Crippen molar-refractivity contribution in [2.75, 3.05) is 19.0 Å². The molecule has 2 heterocycles. The molecule has 25 heavy (non-hydrogen) atoms. The summed E-state index contributed by atoms with van der Waals surface area (Å²) in [6.07, 6.45) is 0. The minimum atomic E-state index is -0.241. The molecule has 2 aromatic rings. The van der Waals surface area contributed by atoms with Gasteiger partial charge in [-0.2, -0.15) is 5.10 Å². The molecule has 1 N–H and O–H groups in total. The number of amidine groups is 1. The fourth-order valence-electron chi connectivity index (χ4n) is 2.52. The molecule has 128 valence electrons. The van der Waals surface area contributed by atoms with Crippen LogP contribution in [-0.4, -0.2) is 29.8 Å². The van der Waals surface area contributed by atoms with Gasteiger partial charge in [0.1, 0.15) is 19.0 Å². The molecule has 0 bridgehead atoms. The smallest absolute Gasteiger partial charge is 0.177 e. The van der Waals surface area contributed by atoms with Crippen molar-refractivity contribution in [3.05, 3.63) is 59.4 Å². The maximum atomic E-state index is 12.9. The van der Waals surface area contributed by atoms with Gasteiger partial charge < -0.3 is 9.47 Å². The van der Waals surface area contributed by atoms with Crippen molar-refractivity contribution in [1.29, 1.82) is 0 Å². The summed E-state index contributed by atoms with van der Waals surface area (Å²) in [5.41, 5.74) is 5.88. The summed E-state index contributed by atoms with van der Waals surface area (Å²) in [5.74, 6) is 2.01. The SMILES string of the molecule is Fc1ccc(CN=C2NN=C(c3ccc4c(c3)OCCO4)CS2)cc1. The molecule has 2 aromatic carbocycles. The Labute approximate surface area is 148 Å². The van der Waals surface area contributed by atoms with Gasteiger partial charge in [-0.3, -0.25) is 10.4 Å². The van der Waals surface area contributed by atoms with Gasteiger partial charge >= 0.3 is 0 Å². The summed E-state index contributed by atoms with van der Waals surface area (Å²) in [6, 6.07) is 12.2. The van der Waals surface area contributed by atoms with E-state index in [1.54, 1.807) is 23.9 Å². The second kappa shape index (κ2) is 7.14. The molecular formula is C18H16FN3O2S. The lowest BCUT2D eigenvalue weighted by Crippen LogP contribution is -2.25. The van der Waals surface area contributed by atoms with Crippen molar-refractivity contribution in [2.24, 2.45) is 10.1 Å². The first kappa shape index (κ1) is 16.0. The number of fused-ring (bicyclic) bond motifs is 1. The predicted molar refractivity (Wildman–Crippen MR) is 97.1 cm³/mol. The molecule has 7 heteroatoms. The van der Waals surface area contributed by atoms with Gasteiger partial charge in [0.25, 0.3) is 0 Å². The Hall–Kier alpha value is -2.54. The summed E-state index contributed by atoms with van der Waals surface area (Å²) >= 11 is 1.59. The Balaban J connectivity index is 1.43. The summed E-state index contributed by atoms with van der Waals surface area (Å²) in [7, 11) is 0. The number of benzene rings is 2. The van der Waals surface area contributed by atoms with E-state index in [0.29, 0.717) is 19.8 Å². The zero-order valence-electron chi connectivity index (χ0n) is 13.4. The van der Waals surface area contributed by atoms with Gasteiger partial charge in [0.2, 0.25) is 0 Å². The minimum Gasteiger partial charge on any atom is -0.486 e. The normalized spacial score (nSPS) is 17.8. The van der Waals surface area contributed by atoms with E-state index < -0.39 is 0 Å². The Kier molecular flexibility index (Phi) is 4.56. The molecule has 0 saturated heterocycles. The van der Waals surface area contributed by atoms with Gasteiger partial charge in [-0.15, -0.1) is 0 Å². The van der Waals surface area contributed by atoms with E-state index in [1.807, 2.05) is 18.2 Å². The van der Waals surface area contributed by atoms with Gasteiger partial charge in [-0.25, -0.2) is 4.39 Å². The Bertz CT molecular complexity index is 837. The minimum absolute atomic E-state index is 0.241. The van der Waals surface area contributed by atoms with Gasteiger partial charge in [-0.1, -0.05) is 23.9 Å². The number of aliphatic imine (C=N–C) groups is 1. The molecule has 0 saturated carbocycles. The van der Waals surface area contributed by atoms with Crippen LogP contribution in [-0.2, 0) is 6.54 Å². The molecule has 0 amide bonds. The van der Waals surface area contributed by atoms with E-state index in [4.69, 9.17) is 9.47 Å². The monoisotopic (exact) mass is 357 g/mol. The van der Waals surface area contributed by atoms with E-state index in [1.165, 1.54) is 12.1 Å². The number of ether oxygens (including phenoxy) is 2. The Morgan fingerprint density at radius 1 is 1.08 bits per heavy atom. The molecule has 0 atom stereocenters. The van der Waals surface area contributed by atoms with Crippen LogP contribution >= 0.6 is 11.8 Å². The summed E-state index contributed by atoms with van der Waals surface area (Å²) in [6.45, 7) is 1.64. The predicted octanol–water partition coefficient (Wildman–Crippen LogP) is 3.19. The third kappa shape index (κ3) is 3.76. The van der Waals surface area contributed by atoms with Gasteiger partial charge in [0.15, 0.2) is 16.7 Å². The lowest BCUT2D eigenvalue weighted by Gasteiger charge is -2.20. The molecule has 0 unspecified atom stereocenters. The zero-order chi connectivity index (χ0) is 17.1. The largest absolute Gasteiger partial charge is 0.486 e. The van der Waals surface area contributed by atoms with Crippen molar-refractivity contribution < 1.29 is 13.9 Å². The summed E-state index contributed by atoms with van der Waals surface area (Å²) in [4.78, 5) is 4.48. The maximum absolute atomic E-state index is 12.9. The highest BCUT2D eigenvalue weighted by atomic mass is 32.2. The Morgan fingerprint density at radius 2 is 1.88 bits per heavy atom. The molecule has 5 nitrogen and oxygen atoms in total. The van der Waals surface area contributed by atoms with Gasteiger partial charge in [0, 0.05) is 11.3 Å². The lowest BCUT2D eigenvalue weighted by atomic mass is 10.1. The zero-order valence-corrected chi connectivity index (χ0v) is 14.2. The van der Waals surface area contributed by atoms with Crippen LogP contribution in [0.25, 0.3) is 0 Å². The summed E-state index contributed by atoms with van der Waals surface area (Å²) in [5, 5.41) is 5.17. The van der Waals surface area contributed by atoms with Crippen LogP contribution in [0.3, 0.4) is 0 Å². The van der Waals surface area contributed by atoms with Crippen LogP contribution in [0.2, 0.25) is 0 Å². The molecule has 0 spiro atoms. The first-order valence-corrected chi connectivity index (χ1v) is 8.91. The van der Waals surface area contributed by atoms with Crippen molar-refractivity contribution in [2.45, 2.75) is 6.54 Å². The highest BCUT2D eigenvalue weighted by Crippen LogP contribution is 2.31. The third-order valence-electron chi connectivity index (χ3n) is 3.83. The van der Waals surface area contributed by atoms with Crippen LogP contribution < -0.4 is 14.9 Å². The van der Waals surface area contributed by atoms with Crippen LogP contribution in [0, 0.1) is 5.82 Å². The maximum Gasteiger partial charge on any atom is 0.177 e. The van der Waals surface area contributed by atoms with Crippen LogP contribution in [0.4, 0.5) is 4.39 Å². The fraction of sp³-hybridized carbons (Fsp3) is 0.222. The third-order valence-corrected chi connectivity index (χ3v) is 4.74. The van der Waals surface area contributed by atoms with Crippen molar-refractivity contribution in [3.8, 4) is 11.5 Å². The van der Waals surface area contributed by atoms with E-state index >= 15 is 0 Å². The van der Waals surface area contributed by atoms with Crippen LogP contribution in [0.5, 0.6) is 11.5 Å². The second-order valence-corrected chi connectivity index (χ2v) is 6.53. The number of halogens is 1. The number of rotatable bonds is 3. The highest BCUT2D eigenvalue weighted by molar-refractivity contribution is 8.14. The fourth-order valence-corrected chi connectivity index (χ4v) is 3.29. The van der Waals surface area contributed by atoms with E-state index in [0.717, 1.165) is 39.3 Å². The molecule has 0 aliphatic carbocycles. The lowest BCUT2D eigenvalue weighted by molar-refractivity contribution is 0.171. The average Bonchev–Trinajstić information content (AvgIpc) is 2.68. The van der Waals surface area contributed by atoms with Crippen molar-refractivity contribution in [1.82, 2.24) is 5.43 Å². The molecular weight excluding hydrogens is 341 g/mol.